The number of fused-ring (bicyclic) bond motifs is 1. The largest absolute Gasteiger partial charge is 0.480 e. The number of aryl methyl sites for hydroxylation is 1. The van der Waals surface area contributed by atoms with Crippen LogP contribution in [0.15, 0.2) is 11.0 Å². The molecule has 22 heavy (non-hydrogen) atoms. The zero-order valence-electron chi connectivity index (χ0n) is 11.5. The number of rotatable bonds is 6. The summed E-state index contributed by atoms with van der Waals surface area (Å²) < 4.78 is 1.35. The van der Waals surface area contributed by atoms with Gasteiger partial charge in [0.15, 0.2) is 10.9 Å². The number of carbonyl (C=O) groups is 2. The number of hydrogen-bond donors (Lipinski definition) is 3. The number of halogens is 1. The summed E-state index contributed by atoms with van der Waals surface area (Å²) in [6.45, 7) is 1.33. The Kier molecular flexibility index (Phi) is 4.18. The third kappa shape index (κ3) is 2.80. The first-order valence-electron chi connectivity index (χ1n) is 6.34. The smallest absolute Gasteiger partial charge is 0.320 e. The molecule has 0 bridgehead atoms. The third-order valence-corrected chi connectivity index (χ3v) is 3.64. The van der Waals surface area contributed by atoms with E-state index >= 15 is 0 Å². The van der Waals surface area contributed by atoms with E-state index in [1.165, 1.54) is 10.9 Å². The minimum atomic E-state index is -1.88. The molecule has 0 atom stereocenters. The highest BCUT2D eigenvalue weighted by molar-refractivity contribution is 6.28. The van der Waals surface area contributed by atoms with Crippen LogP contribution in [0.3, 0.4) is 0 Å². The van der Waals surface area contributed by atoms with Gasteiger partial charge in [0.05, 0.1) is 6.20 Å². The normalized spacial score (nSPS) is 11.7. The maximum absolute atomic E-state index is 11.8. The minimum absolute atomic E-state index is 0.0543. The maximum Gasteiger partial charge on any atom is 0.320 e. The summed E-state index contributed by atoms with van der Waals surface area (Å²) in [6, 6.07) is 0. The lowest BCUT2D eigenvalue weighted by atomic mass is 9.85. The van der Waals surface area contributed by atoms with Gasteiger partial charge in [-0.05, 0) is 31.4 Å². The fraction of sp³-hybridized carbons (Fsp3) is 0.417. The van der Waals surface area contributed by atoms with Gasteiger partial charge in [-0.25, -0.2) is 4.98 Å². The molecule has 118 valence electrons. The molecule has 0 aliphatic heterocycles. The summed E-state index contributed by atoms with van der Waals surface area (Å²) in [5.41, 5.74) is -1.83. The quantitative estimate of drug-likeness (QED) is 0.524. The fourth-order valence-corrected chi connectivity index (χ4v) is 2.21. The van der Waals surface area contributed by atoms with Crippen LogP contribution < -0.4 is 5.56 Å². The molecule has 0 amide bonds. The number of carboxylic acid groups (broad SMARTS) is 2. The van der Waals surface area contributed by atoms with Crippen molar-refractivity contribution < 1.29 is 19.8 Å². The van der Waals surface area contributed by atoms with Crippen molar-refractivity contribution in [1.29, 1.82) is 0 Å². The highest BCUT2D eigenvalue weighted by Crippen LogP contribution is 2.24. The summed E-state index contributed by atoms with van der Waals surface area (Å²) in [7, 11) is 0. The summed E-state index contributed by atoms with van der Waals surface area (Å²) in [4.78, 5) is 40.2. The van der Waals surface area contributed by atoms with Crippen molar-refractivity contribution in [3.63, 3.8) is 0 Å². The van der Waals surface area contributed by atoms with Crippen LogP contribution in [0.25, 0.3) is 11.0 Å². The van der Waals surface area contributed by atoms with Crippen molar-refractivity contribution >= 4 is 34.6 Å². The molecule has 0 radical (unpaired) electrons. The second kappa shape index (κ2) is 5.76. The molecular weight excluding hydrogens is 316 g/mol. The number of nitrogens with zero attached hydrogens (tertiary/aromatic N) is 3. The molecule has 0 aromatic carbocycles. The molecule has 10 heteroatoms. The lowest BCUT2D eigenvalue weighted by molar-refractivity contribution is -0.163. The Morgan fingerprint density at radius 1 is 1.41 bits per heavy atom. The van der Waals surface area contributed by atoms with E-state index in [0.717, 1.165) is 6.92 Å². The number of nitrogens with one attached hydrogen (secondary N) is 1. The van der Waals surface area contributed by atoms with Gasteiger partial charge in [-0.3, -0.25) is 24.0 Å². The molecule has 0 aliphatic carbocycles. The first-order valence-corrected chi connectivity index (χ1v) is 6.71. The standard InChI is InChI=1S/C12H13ClN4O5/c1-12(9(19)20,10(21)22)3-2-4-17-7-6(5-14-17)15-11(13)16-8(7)18/h5H,2-4H2,1H3,(H,19,20)(H,21,22)(H,15,16,18). The van der Waals surface area contributed by atoms with Gasteiger partial charge in [0.1, 0.15) is 5.52 Å². The second-order valence-corrected chi connectivity index (χ2v) is 5.36. The summed E-state index contributed by atoms with van der Waals surface area (Å²) in [5.74, 6) is -2.81. The summed E-state index contributed by atoms with van der Waals surface area (Å²) in [6.07, 6.45) is 1.48. The van der Waals surface area contributed by atoms with Crippen LogP contribution in [0.1, 0.15) is 19.8 Å². The number of hydrogen-bond acceptors (Lipinski definition) is 5. The molecule has 0 saturated heterocycles. The van der Waals surface area contributed by atoms with Crippen LogP contribution in [0.2, 0.25) is 5.28 Å². The Balaban J connectivity index is 2.18. The van der Waals surface area contributed by atoms with Gasteiger partial charge < -0.3 is 10.2 Å². The van der Waals surface area contributed by atoms with E-state index in [1.807, 2.05) is 0 Å². The molecule has 2 rings (SSSR count). The van der Waals surface area contributed by atoms with Crippen molar-refractivity contribution in [3.8, 4) is 0 Å². The average molecular weight is 329 g/mol. The van der Waals surface area contributed by atoms with Crippen LogP contribution in [-0.2, 0) is 16.1 Å². The fourth-order valence-electron chi connectivity index (χ4n) is 2.03. The summed E-state index contributed by atoms with van der Waals surface area (Å²) in [5, 5.41) is 22.0. The van der Waals surface area contributed by atoms with Crippen LogP contribution in [0.5, 0.6) is 0 Å². The Hall–Kier alpha value is -2.42. The topological polar surface area (TPSA) is 138 Å². The number of H-pyrrole nitrogens is 1. The molecule has 0 spiro atoms. The predicted molar refractivity (Wildman–Crippen MR) is 75.8 cm³/mol. The van der Waals surface area contributed by atoms with Gasteiger partial charge in [0.25, 0.3) is 5.56 Å². The predicted octanol–water partition coefficient (Wildman–Crippen LogP) is 0.729. The molecule has 0 saturated carbocycles. The third-order valence-electron chi connectivity index (χ3n) is 3.46. The zero-order valence-corrected chi connectivity index (χ0v) is 12.3. The van der Waals surface area contributed by atoms with Gasteiger partial charge in [0, 0.05) is 6.54 Å². The van der Waals surface area contributed by atoms with Crippen LogP contribution in [0.4, 0.5) is 0 Å². The van der Waals surface area contributed by atoms with E-state index in [9.17, 15) is 14.4 Å². The Bertz CT molecular complexity index is 782. The van der Waals surface area contributed by atoms with Gasteiger partial charge in [-0.15, -0.1) is 0 Å². The lowest BCUT2D eigenvalue weighted by Crippen LogP contribution is -2.36. The Morgan fingerprint density at radius 2 is 2.05 bits per heavy atom. The van der Waals surface area contributed by atoms with E-state index in [4.69, 9.17) is 21.8 Å². The highest BCUT2D eigenvalue weighted by atomic mass is 35.5. The van der Waals surface area contributed by atoms with E-state index in [0.29, 0.717) is 5.52 Å². The monoisotopic (exact) mass is 328 g/mol. The molecule has 2 heterocycles. The molecular formula is C12H13ClN4O5. The van der Waals surface area contributed by atoms with Crippen molar-refractivity contribution in [1.82, 2.24) is 19.7 Å². The molecule has 2 aromatic rings. The van der Waals surface area contributed by atoms with Gasteiger partial charge in [-0.1, -0.05) is 0 Å². The van der Waals surface area contributed by atoms with Crippen LogP contribution >= 0.6 is 11.6 Å². The van der Waals surface area contributed by atoms with Crippen molar-refractivity contribution in [2.24, 2.45) is 5.41 Å². The van der Waals surface area contributed by atoms with E-state index in [1.54, 1.807) is 0 Å². The molecule has 0 aliphatic rings. The first kappa shape index (κ1) is 16.0. The molecule has 0 fully saturated rings. The highest BCUT2D eigenvalue weighted by Gasteiger charge is 2.40. The number of carboxylic acids is 2. The lowest BCUT2D eigenvalue weighted by Gasteiger charge is -2.19. The van der Waals surface area contributed by atoms with E-state index in [-0.39, 0.29) is 30.2 Å². The van der Waals surface area contributed by atoms with Gasteiger partial charge >= 0.3 is 11.9 Å². The minimum Gasteiger partial charge on any atom is -0.480 e. The van der Waals surface area contributed by atoms with E-state index in [2.05, 4.69) is 15.1 Å². The summed E-state index contributed by atoms with van der Waals surface area (Å²) >= 11 is 5.63. The number of aliphatic carboxylic acids is 2. The zero-order chi connectivity index (χ0) is 16.5. The Labute approximate surface area is 128 Å². The van der Waals surface area contributed by atoms with Crippen LogP contribution in [-0.4, -0.2) is 41.9 Å². The van der Waals surface area contributed by atoms with Crippen molar-refractivity contribution in [3.05, 3.63) is 21.8 Å². The van der Waals surface area contributed by atoms with E-state index < -0.39 is 22.9 Å². The molecule has 3 N–H and O–H groups in total. The molecule has 9 nitrogen and oxygen atoms in total. The van der Waals surface area contributed by atoms with Crippen molar-refractivity contribution in [2.75, 3.05) is 0 Å². The Morgan fingerprint density at radius 3 is 2.64 bits per heavy atom. The SMILES string of the molecule is CC(CCCn1ncc2nc(Cl)[nH]c(=O)c21)(C(=O)O)C(=O)O. The maximum atomic E-state index is 11.8. The number of aromatic amines is 1. The second-order valence-electron chi connectivity index (χ2n) is 5.00. The number of aromatic nitrogens is 4. The average Bonchev–Trinajstić information content (AvgIpc) is 2.81. The van der Waals surface area contributed by atoms with Gasteiger partial charge in [0.2, 0.25) is 5.28 Å². The van der Waals surface area contributed by atoms with Crippen molar-refractivity contribution in [2.45, 2.75) is 26.3 Å². The molecule has 2 aromatic heterocycles. The van der Waals surface area contributed by atoms with Gasteiger partial charge in [-0.2, -0.15) is 5.10 Å². The van der Waals surface area contributed by atoms with Crippen LogP contribution in [0, 0.1) is 5.41 Å². The molecule has 0 unspecified atom stereocenters. The first-order chi connectivity index (χ1) is 10.3.